The number of aliphatic hydroxyl groups excluding tert-OH is 1. The van der Waals surface area contributed by atoms with Gasteiger partial charge < -0.3 is 19.3 Å². The van der Waals surface area contributed by atoms with Crippen molar-refractivity contribution in [3.63, 3.8) is 0 Å². The molecule has 0 rings (SSSR count). The molecule has 0 spiro atoms. The van der Waals surface area contributed by atoms with Gasteiger partial charge >= 0.3 is 17.9 Å². The van der Waals surface area contributed by atoms with Crippen molar-refractivity contribution in [2.45, 2.75) is 85.4 Å². The minimum absolute atomic E-state index is 0.0468. The molecule has 0 radical (unpaired) electrons. The van der Waals surface area contributed by atoms with Crippen LogP contribution >= 0.6 is 0 Å². The van der Waals surface area contributed by atoms with E-state index < -0.39 is 53.5 Å². The zero-order valence-corrected chi connectivity index (χ0v) is 19.9. The number of carbonyl (C=O) groups is 3. The molecule has 0 aliphatic heterocycles. The molecular formula is C23H40O7. The van der Waals surface area contributed by atoms with Crippen molar-refractivity contribution in [3.8, 4) is 0 Å². The van der Waals surface area contributed by atoms with Gasteiger partial charge in [-0.1, -0.05) is 25.5 Å². The average molecular weight is 429 g/mol. The molecule has 0 heterocycles. The quantitative estimate of drug-likeness (QED) is 0.303. The fraction of sp³-hybridized carbons (Fsp3) is 0.783. The minimum atomic E-state index is -0.892. The van der Waals surface area contributed by atoms with Crippen molar-refractivity contribution < 1.29 is 33.7 Å². The van der Waals surface area contributed by atoms with Crippen LogP contribution in [0.15, 0.2) is 12.2 Å². The van der Waals surface area contributed by atoms with Gasteiger partial charge in [0.2, 0.25) is 0 Å². The lowest BCUT2D eigenvalue weighted by atomic mass is 9.75. The van der Waals surface area contributed by atoms with E-state index in [1.807, 2.05) is 6.92 Å². The first kappa shape index (κ1) is 28.1. The molecule has 30 heavy (non-hydrogen) atoms. The largest absolute Gasteiger partial charge is 0.469 e. The number of rotatable bonds is 11. The van der Waals surface area contributed by atoms with E-state index in [0.717, 1.165) is 6.42 Å². The van der Waals surface area contributed by atoms with Crippen molar-refractivity contribution in [1.29, 1.82) is 0 Å². The van der Waals surface area contributed by atoms with E-state index in [2.05, 4.69) is 6.58 Å². The molecule has 0 amide bonds. The zero-order chi connectivity index (χ0) is 23.7. The van der Waals surface area contributed by atoms with Crippen LogP contribution in [0.4, 0.5) is 0 Å². The summed E-state index contributed by atoms with van der Waals surface area (Å²) >= 11 is 0. The molecule has 0 aromatic carbocycles. The van der Waals surface area contributed by atoms with E-state index in [0.29, 0.717) is 12.0 Å². The molecule has 7 heteroatoms. The molecule has 3 atom stereocenters. The summed E-state index contributed by atoms with van der Waals surface area (Å²) in [5, 5.41) is 10.2. The third kappa shape index (κ3) is 10.2. The number of hydrogen-bond acceptors (Lipinski definition) is 7. The van der Waals surface area contributed by atoms with E-state index in [9.17, 15) is 19.5 Å². The number of carbonyl (C=O) groups excluding carboxylic acids is 3. The summed E-state index contributed by atoms with van der Waals surface area (Å²) in [5.41, 5.74) is -0.807. The summed E-state index contributed by atoms with van der Waals surface area (Å²) in [6, 6.07) is 0. The Morgan fingerprint density at radius 2 is 1.47 bits per heavy atom. The molecule has 1 N–H and O–H groups in total. The number of hydrogen-bond donors (Lipinski definition) is 1. The summed E-state index contributed by atoms with van der Waals surface area (Å²) in [5.74, 6) is -4.22. The first-order valence-electron chi connectivity index (χ1n) is 10.5. The van der Waals surface area contributed by atoms with Crippen LogP contribution in [0.25, 0.3) is 0 Å². The first-order valence-corrected chi connectivity index (χ1v) is 10.5. The molecule has 174 valence electrons. The average Bonchev–Trinajstić information content (AvgIpc) is 2.57. The Balaban J connectivity index is 5.82. The van der Waals surface area contributed by atoms with Gasteiger partial charge in [-0.25, -0.2) is 0 Å². The molecule has 7 nitrogen and oxygen atoms in total. The second kappa shape index (κ2) is 12.1. The Kier molecular flexibility index (Phi) is 11.3. The summed E-state index contributed by atoms with van der Waals surface area (Å²) in [6.45, 7) is 16.0. The van der Waals surface area contributed by atoms with Crippen LogP contribution in [0.2, 0.25) is 0 Å². The number of aliphatic hydroxyl groups is 1. The number of ether oxygens (including phenoxy) is 3. The van der Waals surface area contributed by atoms with Crippen LogP contribution in [-0.2, 0) is 28.6 Å². The number of esters is 3. The monoisotopic (exact) mass is 428 g/mol. The Bertz CT molecular complexity index is 596. The maximum Gasteiger partial charge on any atom is 0.313 e. The van der Waals surface area contributed by atoms with Crippen LogP contribution < -0.4 is 0 Å². The SMILES string of the molecule is C=C(CCC)C(C(=O)OC(C)(C)C)C(CO)C(CCC(=O)OC(C)(C)C)C(=O)OC. The van der Waals surface area contributed by atoms with Crippen LogP contribution in [0, 0.1) is 17.8 Å². The highest BCUT2D eigenvalue weighted by Gasteiger charge is 2.41. The molecule has 0 saturated carbocycles. The molecule has 0 aliphatic carbocycles. The van der Waals surface area contributed by atoms with E-state index in [1.165, 1.54) is 7.11 Å². The molecule has 0 aromatic rings. The van der Waals surface area contributed by atoms with Gasteiger partial charge in [-0.05, 0) is 54.4 Å². The van der Waals surface area contributed by atoms with Crippen molar-refractivity contribution >= 4 is 17.9 Å². The Morgan fingerprint density at radius 1 is 0.933 bits per heavy atom. The second-order valence-electron chi connectivity index (χ2n) is 9.52. The molecule has 3 unspecified atom stereocenters. The predicted molar refractivity (Wildman–Crippen MR) is 115 cm³/mol. The van der Waals surface area contributed by atoms with Crippen molar-refractivity contribution in [3.05, 3.63) is 12.2 Å². The standard InChI is InChI=1S/C23H40O7/c1-10-11-15(2)19(21(27)30-23(6,7)8)17(14-24)16(20(26)28-9)12-13-18(25)29-22(3,4)5/h16-17,19,24H,2,10-14H2,1,3-9H3. The lowest BCUT2D eigenvalue weighted by Gasteiger charge is -2.33. The summed E-state index contributed by atoms with van der Waals surface area (Å²) in [7, 11) is 1.24. The van der Waals surface area contributed by atoms with Gasteiger partial charge in [0.15, 0.2) is 0 Å². The topological polar surface area (TPSA) is 99.1 Å². The molecule has 0 aliphatic rings. The normalized spacial score (nSPS) is 15.0. The van der Waals surface area contributed by atoms with Crippen molar-refractivity contribution in [2.24, 2.45) is 17.8 Å². The Hall–Kier alpha value is -1.89. The van der Waals surface area contributed by atoms with E-state index in [-0.39, 0.29) is 12.8 Å². The highest BCUT2D eigenvalue weighted by Crippen LogP contribution is 2.34. The number of methoxy groups -OCH3 is 1. The van der Waals surface area contributed by atoms with Gasteiger partial charge in [0, 0.05) is 18.9 Å². The smallest absolute Gasteiger partial charge is 0.313 e. The van der Waals surface area contributed by atoms with Gasteiger partial charge in [0.05, 0.1) is 18.9 Å². The highest BCUT2D eigenvalue weighted by atomic mass is 16.6. The fourth-order valence-corrected chi connectivity index (χ4v) is 3.28. The highest BCUT2D eigenvalue weighted by molar-refractivity contribution is 5.80. The fourth-order valence-electron chi connectivity index (χ4n) is 3.28. The third-order valence-electron chi connectivity index (χ3n) is 4.41. The molecular weight excluding hydrogens is 388 g/mol. The van der Waals surface area contributed by atoms with Gasteiger partial charge in [-0.2, -0.15) is 0 Å². The lowest BCUT2D eigenvalue weighted by molar-refractivity contribution is -0.164. The third-order valence-corrected chi connectivity index (χ3v) is 4.41. The maximum absolute atomic E-state index is 13.0. The van der Waals surface area contributed by atoms with Gasteiger partial charge in [0.25, 0.3) is 0 Å². The summed E-state index contributed by atoms with van der Waals surface area (Å²) in [4.78, 5) is 37.7. The molecule has 0 aromatic heterocycles. The van der Waals surface area contributed by atoms with Crippen molar-refractivity contribution in [2.75, 3.05) is 13.7 Å². The van der Waals surface area contributed by atoms with Crippen LogP contribution in [0.1, 0.15) is 74.1 Å². The predicted octanol–water partition coefficient (Wildman–Crippen LogP) is 3.82. The van der Waals surface area contributed by atoms with Crippen LogP contribution in [0.5, 0.6) is 0 Å². The molecule has 0 bridgehead atoms. The van der Waals surface area contributed by atoms with Crippen LogP contribution in [0.3, 0.4) is 0 Å². The Morgan fingerprint density at radius 3 is 1.87 bits per heavy atom. The van der Waals surface area contributed by atoms with E-state index in [1.54, 1.807) is 41.5 Å². The van der Waals surface area contributed by atoms with Gasteiger partial charge in [-0.3, -0.25) is 14.4 Å². The maximum atomic E-state index is 13.0. The first-order chi connectivity index (χ1) is 13.7. The summed E-state index contributed by atoms with van der Waals surface area (Å²) < 4.78 is 15.8. The Labute approximate surface area is 181 Å². The van der Waals surface area contributed by atoms with E-state index in [4.69, 9.17) is 14.2 Å². The van der Waals surface area contributed by atoms with Gasteiger partial charge in [-0.15, -0.1) is 0 Å². The minimum Gasteiger partial charge on any atom is -0.469 e. The summed E-state index contributed by atoms with van der Waals surface area (Å²) in [6.07, 6.45) is 1.32. The lowest BCUT2D eigenvalue weighted by Crippen LogP contribution is -2.41. The van der Waals surface area contributed by atoms with Crippen LogP contribution in [-0.4, -0.2) is 47.9 Å². The zero-order valence-electron chi connectivity index (χ0n) is 19.9. The van der Waals surface area contributed by atoms with Gasteiger partial charge in [0.1, 0.15) is 11.2 Å². The van der Waals surface area contributed by atoms with E-state index >= 15 is 0 Å². The second-order valence-corrected chi connectivity index (χ2v) is 9.52. The van der Waals surface area contributed by atoms with Crippen molar-refractivity contribution in [1.82, 2.24) is 0 Å². The molecule has 0 saturated heterocycles. The molecule has 0 fully saturated rings.